The molecule has 0 atom stereocenters. The first-order valence-electron chi connectivity index (χ1n) is 8.60. The number of nitrogens with one attached hydrogen (secondary N) is 1. The molecule has 6 heteroatoms. The molecule has 0 bridgehead atoms. The number of hydrogen-bond donors (Lipinski definition) is 2. The minimum Gasteiger partial charge on any atom is -0.508 e. The minimum atomic E-state index is -0.0816. The van der Waals surface area contributed by atoms with Crippen LogP contribution in [0.15, 0.2) is 42.5 Å². The van der Waals surface area contributed by atoms with Gasteiger partial charge in [-0.05, 0) is 63.0 Å². The number of likely N-dealkylation sites (N-methyl/N-ethyl adjacent to an activating group) is 1. The van der Waals surface area contributed by atoms with Crippen molar-refractivity contribution in [1.82, 2.24) is 9.88 Å². The summed E-state index contributed by atoms with van der Waals surface area (Å²) in [6, 6.07) is 12.6. The van der Waals surface area contributed by atoms with Crippen LogP contribution in [0.5, 0.6) is 11.5 Å². The Bertz CT molecular complexity index is 999. The molecule has 3 rings (SSSR count). The van der Waals surface area contributed by atoms with Crippen molar-refractivity contribution in [1.29, 1.82) is 0 Å². The summed E-state index contributed by atoms with van der Waals surface area (Å²) in [6.07, 6.45) is 0. The average molecular weight is 365 g/mol. The van der Waals surface area contributed by atoms with Gasteiger partial charge in [0, 0.05) is 16.6 Å². The Morgan fingerprint density at radius 3 is 2.67 bits per heavy atom. The molecule has 1 heterocycles. The summed E-state index contributed by atoms with van der Waals surface area (Å²) in [6.45, 7) is 2.32. The second kappa shape index (κ2) is 7.63. The number of benzene rings is 2. The molecule has 2 aromatic carbocycles. The van der Waals surface area contributed by atoms with Crippen molar-refractivity contribution in [3.8, 4) is 22.8 Å². The molecule has 1 amide bonds. The van der Waals surface area contributed by atoms with Gasteiger partial charge in [0.15, 0.2) is 0 Å². The van der Waals surface area contributed by atoms with Crippen molar-refractivity contribution in [3.05, 3.63) is 48.0 Å². The van der Waals surface area contributed by atoms with Gasteiger partial charge >= 0.3 is 0 Å². The van der Waals surface area contributed by atoms with E-state index >= 15 is 0 Å². The SMILES string of the molecule is COc1ccc(O)cc1-c1cc(C)c2ccc(NC(=O)CN(C)C)cc2n1. The third-order valence-corrected chi connectivity index (χ3v) is 4.22. The Morgan fingerprint density at radius 2 is 1.96 bits per heavy atom. The van der Waals surface area contributed by atoms with Crippen LogP contribution in [0.3, 0.4) is 0 Å². The van der Waals surface area contributed by atoms with E-state index in [0.29, 0.717) is 29.2 Å². The number of methoxy groups -OCH3 is 1. The molecule has 0 spiro atoms. The predicted octanol–water partition coefficient (Wildman–Crippen LogP) is 3.42. The maximum Gasteiger partial charge on any atom is 0.238 e. The summed E-state index contributed by atoms with van der Waals surface area (Å²) in [5.41, 5.74) is 3.92. The van der Waals surface area contributed by atoms with Crippen LogP contribution in [0.1, 0.15) is 5.56 Å². The van der Waals surface area contributed by atoms with Crippen LogP contribution >= 0.6 is 0 Å². The van der Waals surface area contributed by atoms with Gasteiger partial charge < -0.3 is 20.1 Å². The van der Waals surface area contributed by atoms with Gasteiger partial charge in [0.1, 0.15) is 11.5 Å². The van der Waals surface area contributed by atoms with E-state index in [1.54, 1.807) is 25.3 Å². The molecule has 0 saturated heterocycles. The number of amides is 1. The van der Waals surface area contributed by atoms with E-state index in [-0.39, 0.29) is 11.7 Å². The average Bonchev–Trinajstić information content (AvgIpc) is 2.60. The van der Waals surface area contributed by atoms with E-state index in [1.165, 1.54) is 0 Å². The van der Waals surface area contributed by atoms with E-state index in [9.17, 15) is 9.90 Å². The molecule has 1 aromatic heterocycles. The molecular formula is C21H23N3O3. The Morgan fingerprint density at radius 1 is 1.19 bits per heavy atom. The van der Waals surface area contributed by atoms with E-state index in [0.717, 1.165) is 16.5 Å². The van der Waals surface area contributed by atoms with E-state index in [4.69, 9.17) is 9.72 Å². The van der Waals surface area contributed by atoms with Crippen molar-refractivity contribution < 1.29 is 14.6 Å². The number of nitrogens with zero attached hydrogens (tertiary/aromatic N) is 2. The van der Waals surface area contributed by atoms with Crippen molar-refractivity contribution >= 4 is 22.5 Å². The first-order valence-corrected chi connectivity index (χ1v) is 8.60. The number of rotatable bonds is 5. The van der Waals surface area contributed by atoms with Crippen LogP contribution in [-0.2, 0) is 4.79 Å². The summed E-state index contributed by atoms with van der Waals surface area (Å²) in [4.78, 5) is 18.6. The predicted molar refractivity (Wildman–Crippen MR) is 107 cm³/mol. The van der Waals surface area contributed by atoms with Crippen LogP contribution in [0.25, 0.3) is 22.2 Å². The molecule has 0 radical (unpaired) electrons. The third kappa shape index (κ3) is 4.17. The lowest BCUT2D eigenvalue weighted by Crippen LogP contribution is -2.27. The quantitative estimate of drug-likeness (QED) is 0.725. The normalized spacial score (nSPS) is 11.0. The standard InChI is InChI=1S/C21H23N3O3/c1-13-9-18(17-11-15(25)6-8-20(17)27-4)23-19-10-14(5-7-16(13)19)22-21(26)12-24(2)3/h5-11,25H,12H2,1-4H3,(H,22,26). The van der Waals surface area contributed by atoms with Gasteiger partial charge in [-0.15, -0.1) is 0 Å². The summed E-state index contributed by atoms with van der Waals surface area (Å²) in [7, 11) is 5.28. The van der Waals surface area contributed by atoms with Crippen molar-refractivity contribution in [3.63, 3.8) is 0 Å². The van der Waals surface area contributed by atoms with Crippen molar-refractivity contribution in [2.45, 2.75) is 6.92 Å². The maximum atomic E-state index is 12.0. The fraction of sp³-hybridized carbons (Fsp3) is 0.238. The maximum absolute atomic E-state index is 12.0. The van der Waals surface area contributed by atoms with Gasteiger partial charge in [-0.3, -0.25) is 4.79 Å². The second-order valence-electron chi connectivity index (χ2n) is 6.73. The largest absolute Gasteiger partial charge is 0.508 e. The smallest absolute Gasteiger partial charge is 0.238 e. The zero-order valence-corrected chi connectivity index (χ0v) is 15.9. The highest BCUT2D eigenvalue weighted by molar-refractivity contribution is 5.95. The molecule has 0 saturated carbocycles. The highest BCUT2D eigenvalue weighted by Crippen LogP contribution is 2.34. The fourth-order valence-electron chi connectivity index (χ4n) is 3.00. The van der Waals surface area contributed by atoms with Gasteiger partial charge in [-0.25, -0.2) is 4.98 Å². The number of carbonyl (C=O) groups excluding carboxylic acids is 1. The number of aromatic hydroxyl groups is 1. The Balaban J connectivity index is 2.04. The van der Waals surface area contributed by atoms with Crippen LogP contribution in [0.4, 0.5) is 5.69 Å². The lowest BCUT2D eigenvalue weighted by Gasteiger charge is -2.13. The summed E-state index contributed by atoms with van der Waals surface area (Å²) in [5.74, 6) is 0.700. The molecular weight excluding hydrogens is 342 g/mol. The number of pyridine rings is 1. The van der Waals surface area contributed by atoms with E-state index in [1.807, 2.05) is 50.2 Å². The zero-order chi connectivity index (χ0) is 19.6. The molecule has 3 aromatic rings. The topological polar surface area (TPSA) is 74.7 Å². The van der Waals surface area contributed by atoms with E-state index < -0.39 is 0 Å². The fourth-order valence-corrected chi connectivity index (χ4v) is 3.00. The van der Waals surface area contributed by atoms with Gasteiger partial charge in [-0.2, -0.15) is 0 Å². The van der Waals surface area contributed by atoms with Crippen LogP contribution in [0, 0.1) is 6.92 Å². The number of carbonyl (C=O) groups is 1. The molecule has 0 aliphatic heterocycles. The number of aromatic nitrogens is 1. The molecule has 2 N–H and O–H groups in total. The first kappa shape index (κ1) is 18.7. The lowest BCUT2D eigenvalue weighted by atomic mass is 10.0. The molecule has 0 unspecified atom stereocenters. The summed E-state index contributed by atoms with van der Waals surface area (Å²) >= 11 is 0. The Labute approximate surface area is 158 Å². The van der Waals surface area contributed by atoms with Gasteiger partial charge in [0.2, 0.25) is 5.91 Å². The van der Waals surface area contributed by atoms with Gasteiger partial charge in [-0.1, -0.05) is 6.07 Å². The Kier molecular flexibility index (Phi) is 5.28. The summed E-state index contributed by atoms with van der Waals surface area (Å²) in [5, 5.41) is 13.8. The molecule has 140 valence electrons. The number of ether oxygens (including phenoxy) is 1. The number of fused-ring (bicyclic) bond motifs is 1. The molecule has 6 nitrogen and oxygen atoms in total. The number of anilines is 1. The first-order chi connectivity index (χ1) is 12.9. The molecule has 0 fully saturated rings. The number of phenolic OH excluding ortho intramolecular Hbond substituents is 1. The molecule has 0 aliphatic carbocycles. The number of hydrogen-bond acceptors (Lipinski definition) is 5. The van der Waals surface area contributed by atoms with Gasteiger partial charge in [0.05, 0.1) is 24.9 Å². The number of aryl methyl sites for hydroxylation is 1. The van der Waals surface area contributed by atoms with Crippen molar-refractivity contribution in [2.75, 3.05) is 33.1 Å². The highest BCUT2D eigenvalue weighted by Gasteiger charge is 2.12. The lowest BCUT2D eigenvalue weighted by molar-refractivity contribution is -0.116. The second-order valence-corrected chi connectivity index (χ2v) is 6.73. The summed E-state index contributed by atoms with van der Waals surface area (Å²) < 4.78 is 5.41. The van der Waals surface area contributed by atoms with Crippen molar-refractivity contribution in [2.24, 2.45) is 0 Å². The molecule has 27 heavy (non-hydrogen) atoms. The van der Waals surface area contributed by atoms with Crippen LogP contribution in [0.2, 0.25) is 0 Å². The molecule has 0 aliphatic rings. The van der Waals surface area contributed by atoms with Crippen LogP contribution < -0.4 is 10.1 Å². The van der Waals surface area contributed by atoms with E-state index in [2.05, 4.69) is 5.32 Å². The zero-order valence-electron chi connectivity index (χ0n) is 15.9. The Hall–Kier alpha value is -3.12. The minimum absolute atomic E-state index is 0.0816. The monoisotopic (exact) mass is 365 g/mol. The van der Waals surface area contributed by atoms with Gasteiger partial charge in [0.25, 0.3) is 0 Å². The third-order valence-electron chi connectivity index (χ3n) is 4.22. The number of phenols is 1. The highest BCUT2D eigenvalue weighted by atomic mass is 16.5. The van der Waals surface area contributed by atoms with Crippen LogP contribution in [-0.4, -0.2) is 48.6 Å².